The van der Waals surface area contributed by atoms with Crippen molar-refractivity contribution in [2.24, 2.45) is 0 Å². The van der Waals surface area contributed by atoms with Crippen LogP contribution in [0.25, 0.3) is 0 Å². The summed E-state index contributed by atoms with van der Waals surface area (Å²) in [6.07, 6.45) is 0. The highest BCUT2D eigenvalue weighted by molar-refractivity contribution is 6.41. The van der Waals surface area contributed by atoms with Crippen molar-refractivity contribution in [3.05, 3.63) is 90.5 Å². The highest BCUT2D eigenvalue weighted by Gasteiger charge is 2.28. The first-order valence-electron chi connectivity index (χ1n) is 9.18. The molecule has 2 amide bonds. The molecule has 0 aliphatic heterocycles. The molecule has 0 fully saturated rings. The van der Waals surface area contributed by atoms with E-state index in [0.717, 1.165) is 5.56 Å². The minimum atomic E-state index is -0.603. The Morgan fingerprint density at radius 3 is 1.86 bits per heavy atom. The van der Waals surface area contributed by atoms with Gasteiger partial charge in [0.15, 0.2) is 0 Å². The van der Waals surface area contributed by atoms with Gasteiger partial charge < -0.3 is 10.6 Å². The zero-order valence-corrected chi connectivity index (χ0v) is 15.8. The Hall–Kier alpha value is -3.60. The molecule has 0 spiro atoms. The Balaban J connectivity index is 1.91. The molecule has 3 aromatic rings. The molecule has 0 bridgehead atoms. The number of para-hydroxylation sites is 1. The summed E-state index contributed by atoms with van der Waals surface area (Å²) in [5.74, 6) is -1.15. The van der Waals surface area contributed by atoms with E-state index in [1.165, 1.54) is 4.90 Å². The lowest BCUT2D eigenvalue weighted by Gasteiger charge is -2.26. The monoisotopic (exact) mass is 373 g/mol. The van der Waals surface area contributed by atoms with E-state index >= 15 is 0 Å². The molecule has 3 aromatic carbocycles. The van der Waals surface area contributed by atoms with Gasteiger partial charge in [0.05, 0.1) is 0 Å². The van der Waals surface area contributed by atoms with Crippen molar-refractivity contribution in [3.63, 3.8) is 0 Å². The van der Waals surface area contributed by atoms with Crippen LogP contribution in [-0.2, 0) is 16.1 Å². The van der Waals surface area contributed by atoms with Crippen molar-refractivity contribution in [1.82, 2.24) is 4.90 Å². The number of carbonyl (C=O) groups excluding carboxylic acids is 2. The molecule has 0 saturated heterocycles. The van der Waals surface area contributed by atoms with Gasteiger partial charge in [-0.3, -0.25) is 14.5 Å². The fraction of sp³-hybridized carbons (Fsp3) is 0.130. The van der Waals surface area contributed by atoms with E-state index in [2.05, 4.69) is 0 Å². The Bertz CT molecular complexity index is 925. The van der Waals surface area contributed by atoms with Crippen LogP contribution in [0.5, 0.6) is 0 Å². The lowest BCUT2D eigenvalue weighted by molar-refractivity contribution is -0.144. The summed E-state index contributed by atoms with van der Waals surface area (Å²) in [5, 5.41) is 0. The van der Waals surface area contributed by atoms with Crippen molar-refractivity contribution in [3.8, 4) is 0 Å². The molecule has 5 heteroatoms. The zero-order chi connectivity index (χ0) is 19.9. The predicted molar refractivity (Wildman–Crippen MR) is 112 cm³/mol. The molecule has 0 saturated carbocycles. The predicted octanol–water partition coefficient (Wildman–Crippen LogP) is 3.98. The molecule has 0 atom stereocenters. The second-order valence-corrected chi connectivity index (χ2v) is 6.37. The number of nitrogens with zero attached hydrogens (tertiary/aromatic N) is 2. The standard InChI is InChI=1S/C23H23N3O2/c1-2-25(17-18-9-5-3-6-10-18)22(27)23(28)26(20-11-7-4-8-12-20)21-15-13-19(24)14-16-21/h3-16H,2,17,24H2,1H3. The second kappa shape index (κ2) is 8.86. The number of hydrogen-bond donors (Lipinski definition) is 1. The maximum atomic E-state index is 13.2. The van der Waals surface area contributed by atoms with Crippen molar-refractivity contribution < 1.29 is 9.59 Å². The molecule has 2 N–H and O–H groups in total. The van der Waals surface area contributed by atoms with Gasteiger partial charge in [-0.25, -0.2) is 0 Å². The second-order valence-electron chi connectivity index (χ2n) is 6.37. The van der Waals surface area contributed by atoms with Gasteiger partial charge >= 0.3 is 11.8 Å². The number of rotatable bonds is 5. The molecule has 142 valence electrons. The van der Waals surface area contributed by atoms with E-state index < -0.39 is 11.8 Å². The molecule has 0 aliphatic carbocycles. The third-order valence-corrected chi connectivity index (χ3v) is 4.44. The molecule has 5 nitrogen and oxygen atoms in total. The molecule has 0 aliphatic rings. The molecular formula is C23H23N3O2. The highest BCUT2D eigenvalue weighted by atomic mass is 16.2. The maximum Gasteiger partial charge on any atom is 0.321 e. The number of hydrogen-bond acceptors (Lipinski definition) is 3. The maximum absolute atomic E-state index is 13.2. The van der Waals surface area contributed by atoms with Gasteiger partial charge in [0, 0.05) is 30.2 Å². The van der Waals surface area contributed by atoms with Crippen LogP contribution >= 0.6 is 0 Å². The Kier molecular flexibility index (Phi) is 6.07. The summed E-state index contributed by atoms with van der Waals surface area (Å²) < 4.78 is 0. The SMILES string of the molecule is CCN(Cc1ccccc1)C(=O)C(=O)N(c1ccccc1)c1ccc(N)cc1. The summed E-state index contributed by atoms with van der Waals surface area (Å²) in [6, 6.07) is 25.7. The minimum absolute atomic E-state index is 0.381. The topological polar surface area (TPSA) is 66.6 Å². The van der Waals surface area contributed by atoms with Crippen LogP contribution in [0.4, 0.5) is 17.1 Å². The quantitative estimate of drug-likeness (QED) is 0.543. The normalized spacial score (nSPS) is 10.3. The number of anilines is 3. The van der Waals surface area contributed by atoms with Crippen LogP contribution in [0.2, 0.25) is 0 Å². The largest absolute Gasteiger partial charge is 0.399 e. The van der Waals surface area contributed by atoms with Crippen LogP contribution in [0.1, 0.15) is 12.5 Å². The fourth-order valence-electron chi connectivity index (χ4n) is 2.95. The zero-order valence-electron chi connectivity index (χ0n) is 15.8. The Morgan fingerprint density at radius 2 is 1.29 bits per heavy atom. The highest BCUT2D eigenvalue weighted by Crippen LogP contribution is 2.26. The van der Waals surface area contributed by atoms with Gasteiger partial charge in [-0.1, -0.05) is 48.5 Å². The molecule has 0 unspecified atom stereocenters. The van der Waals surface area contributed by atoms with E-state index in [9.17, 15) is 9.59 Å². The number of amides is 2. The first-order chi connectivity index (χ1) is 13.6. The molecule has 3 rings (SSSR count). The Labute approximate surface area is 165 Å². The van der Waals surface area contributed by atoms with Crippen LogP contribution in [0, 0.1) is 0 Å². The van der Waals surface area contributed by atoms with E-state index in [-0.39, 0.29) is 0 Å². The third kappa shape index (κ3) is 4.38. The lowest BCUT2D eigenvalue weighted by Crippen LogP contribution is -2.43. The molecule has 0 aromatic heterocycles. The van der Waals surface area contributed by atoms with Gasteiger partial charge in [0.1, 0.15) is 0 Å². The van der Waals surface area contributed by atoms with Crippen molar-refractivity contribution in [2.45, 2.75) is 13.5 Å². The smallest absolute Gasteiger partial charge is 0.321 e. The van der Waals surface area contributed by atoms with E-state index in [4.69, 9.17) is 5.73 Å². The van der Waals surface area contributed by atoms with Gasteiger partial charge in [-0.2, -0.15) is 0 Å². The third-order valence-electron chi connectivity index (χ3n) is 4.44. The van der Waals surface area contributed by atoms with Gasteiger partial charge in [-0.15, -0.1) is 0 Å². The summed E-state index contributed by atoms with van der Waals surface area (Å²) >= 11 is 0. The number of nitrogen functional groups attached to an aromatic ring is 1. The number of likely N-dealkylation sites (N-methyl/N-ethyl adjacent to an activating group) is 1. The molecular weight excluding hydrogens is 350 g/mol. The van der Waals surface area contributed by atoms with Gasteiger partial charge in [-0.05, 0) is 48.9 Å². The lowest BCUT2D eigenvalue weighted by atomic mass is 10.2. The Morgan fingerprint density at radius 1 is 0.750 bits per heavy atom. The first-order valence-corrected chi connectivity index (χ1v) is 9.18. The number of carbonyl (C=O) groups is 2. The summed E-state index contributed by atoms with van der Waals surface area (Å²) in [6.45, 7) is 2.68. The van der Waals surface area contributed by atoms with Crippen LogP contribution in [0.15, 0.2) is 84.9 Å². The van der Waals surface area contributed by atoms with Crippen molar-refractivity contribution in [2.75, 3.05) is 17.2 Å². The van der Waals surface area contributed by atoms with Gasteiger partial charge in [0.25, 0.3) is 0 Å². The van der Waals surface area contributed by atoms with Crippen LogP contribution < -0.4 is 10.6 Å². The van der Waals surface area contributed by atoms with E-state index in [1.807, 2.05) is 55.5 Å². The summed E-state index contributed by atoms with van der Waals surface area (Å²) in [4.78, 5) is 29.2. The molecule has 28 heavy (non-hydrogen) atoms. The number of benzene rings is 3. The summed E-state index contributed by atoms with van der Waals surface area (Å²) in [7, 11) is 0. The molecule has 0 radical (unpaired) electrons. The van der Waals surface area contributed by atoms with Crippen LogP contribution in [0.3, 0.4) is 0 Å². The average molecular weight is 373 g/mol. The first kappa shape index (κ1) is 19.2. The van der Waals surface area contributed by atoms with Crippen LogP contribution in [-0.4, -0.2) is 23.3 Å². The van der Waals surface area contributed by atoms with E-state index in [0.29, 0.717) is 30.2 Å². The van der Waals surface area contributed by atoms with E-state index in [1.54, 1.807) is 41.3 Å². The van der Waals surface area contributed by atoms with Gasteiger partial charge in [0.2, 0.25) is 0 Å². The fourth-order valence-corrected chi connectivity index (χ4v) is 2.95. The van der Waals surface area contributed by atoms with Crippen molar-refractivity contribution >= 4 is 28.9 Å². The minimum Gasteiger partial charge on any atom is -0.399 e. The number of nitrogens with two attached hydrogens (primary N) is 1. The molecule has 0 heterocycles. The summed E-state index contributed by atoms with van der Waals surface area (Å²) in [5.41, 5.74) is 8.57. The van der Waals surface area contributed by atoms with Crippen molar-refractivity contribution in [1.29, 1.82) is 0 Å². The average Bonchev–Trinajstić information content (AvgIpc) is 2.74.